The Balaban J connectivity index is 1.80. The lowest BCUT2D eigenvalue weighted by atomic mass is 10.0. The van der Waals surface area contributed by atoms with Gasteiger partial charge in [0.25, 0.3) is 0 Å². The molecule has 2 aliphatic heterocycles. The third-order valence-electron chi connectivity index (χ3n) is 6.10. The monoisotopic (exact) mass is 389 g/mol. The lowest BCUT2D eigenvalue weighted by molar-refractivity contribution is 0.351. The fourth-order valence-electron chi connectivity index (χ4n) is 4.76. The number of aromatic nitrogens is 1. The van der Waals surface area contributed by atoms with Crippen molar-refractivity contribution >= 4 is 27.8 Å². The highest BCUT2D eigenvalue weighted by atomic mass is 32.1. The van der Waals surface area contributed by atoms with E-state index < -0.39 is 0 Å². The molecule has 4 heteroatoms. The summed E-state index contributed by atoms with van der Waals surface area (Å²) in [5, 5.41) is 9.37. The molecule has 28 heavy (non-hydrogen) atoms. The maximum absolute atomic E-state index is 3.27. The second-order valence-electron chi connectivity index (χ2n) is 8.11. The van der Waals surface area contributed by atoms with Gasteiger partial charge < -0.3 is 14.8 Å². The summed E-state index contributed by atoms with van der Waals surface area (Å²) in [6, 6.07) is 4.73. The van der Waals surface area contributed by atoms with Gasteiger partial charge in [0.2, 0.25) is 0 Å². The summed E-state index contributed by atoms with van der Waals surface area (Å²) in [4.78, 5) is 2.46. The van der Waals surface area contributed by atoms with Crippen molar-refractivity contribution in [2.75, 3.05) is 26.7 Å². The summed E-state index contributed by atoms with van der Waals surface area (Å²) in [5.41, 5.74) is 11.2. The predicted molar refractivity (Wildman–Crippen MR) is 121 cm³/mol. The van der Waals surface area contributed by atoms with Crippen LogP contribution < -0.4 is 5.32 Å². The fourth-order valence-corrected chi connectivity index (χ4v) is 5.59. The number of thiophene rings is 1. The van der Waals surface area contributed by atoms with Crippen LogP contribution in [0.25, 0.3) is 22.2 Å². The molecule has 2 aromatic heterocycles. The summed E-state index contributed by atoms with van der Waals surface area (Å²) >= 11 is 1.81. The molecule has 0 saturated carbocycles. The van der Waals surface area contributed by atoms with Crippen molar-refractivity contribution in [3.05, 3.63) is 69.2 Å². The molecule has 0 saturated heterocycles. The molecular formula is C24H27N3S. The Hall–Kier alpha value is -2.30. The van der Waals surface area contributed by atoms with Crippen molar-refractivity contribution in [2.45, 2.75) is 26.7 Å². The fraction of sp³-hybridized carbons (Fsp3) is 0.333. The topological polar surface area (TPSA) is 20.2 Å². The second-order valence-corrected chi connectivity index (χ2v) is 8.86. The molecule has 0 radical (unpaired) electrons. The van der Waals surface area contributed by atoms with Gasteiger partial charge in [0.1, 0.15) is 0 Å². The number of nitrogens with zero attached hydrogens (tertiary/aromatic N) is 2. The van der Waals surface area contributed by atoms with E-state index in [9.17, 15) is 0 Å². The molecule has 0 bridgehead atoms. The number of hydrogen-bond acceptors (Lipinski definition) is 3. The number of likely N-dealkylation sites (N-methyl/N-ethyl adjacent to an activating group) is 1. The largest absolute Gasteiger partial charge is 0.387 e. The third kappa shape index (κ3) is 2.83. The molecule has 1 aromatic carbocycles. The average Bonchev–Trinajstić information content (AvgIpc) is 3.22. The Kier molecular flexibility index (Phi) is 4.41. The van der Waals surface area contributed by atoms with Crippen molar-refractivity contribution in [2.24, 2.45) is 0 Å². The van der Waals surface area contributed by atoms with Crippen LogP contribution in [0.2, 0.25) is 0 Å². The Morgan fingerprint density at radius 1 is 1.07 bits per heavy atom. The lowest BCUT2D eigenvalue weighted by Gasteiger charge is -2.17. The van der Waals surface area contributed by atoms with E-state index in [4.69, 9.17) is 0 Å². The van der Waals surface area contributed by atoms with Crippen LogP contribution in [0.1, 0.15) is 27.9 Å². The van der Waals surface area contributed by atoms with E-state index in [2.05, 4.69) is 76.9 Å². The Bertz CT molecular complexity index is 1110. The minimum Gasteiger partial charge on any atom is -0.387 e. The number of nitrogens with one attached hydrogen (secondary N) is 1. The Morgan fingerprint density at radius 2 is 1.93 bits per heavy atom. The van der Waals surface area contributed by atoms with E-state index in [-0.39, 0.29) is 0 Å². The van der Waals surface area contributed by atoms with Gasteiger partial charge in [-0.3, -0.25) is 0 Å². The first kappa shape index (κ1) is 17.8. The van der Waals surface area contributed by atoms with E-state index in [1.807, 2.05) is 0 Å². The zero-order chi connectivity index (χ0) is 19.3. The maximum Gasteiger partial charge on any atom is 0.0644 e. The van der Waals surface area contributed by atoms with E-state index in [0.717, 1.165) is 32.5 Å². The molecule has 3 nitrogen and oxygen atoms in total. The second kappa shape index (κ2) is 6.94. The van der Waals surface area contributed by atoms with Crippen molar-refractivity contribution in [3.8, 4) is 5.69 Å². The summed E-state index contributed by atoms with van der Waals surface area (Å²) < 4.78 is 2.58. The minimum atomic E-state index is 0.897. The predicted octanol–water partition coefficient (Wildman–Crippen LogP) is 4.84. The molecule has 5 rings (SSSR count). The molecule has 0 fully saturated rings. The van der Waals surface area contributed by atoms with Gasteiger partial charge in [0.15, 0.2) is 0 Å². The van der Waals surface area contributed by atoms with Crippen molar-refractivity contribution < 1.29 is 0 Å². The first-order valence-electron chi connectivity index (χ1n) is 10.1. The number of dihydropyridines is 1. The van der Waals surface area contributed by atoms with Crippen LogP contribution in [0, 0.1) is 13.8 Å². The van der Waals surface area contributed by atoms with E-state index >= 15 is 0 Å². The number of aryl methyl sites for hydroxylation is 2. The maximum atomic E-state index is 3.27. The molecule has 0 amide bonds. The van der Waals surface area contributed by atoms with Crippen molar-refractivity contribution in [3.63, 3.8) is 0 Å². The Morgan fingerprint density at radius 3 is 2.75 bits per heavy atom. The zero-order valence-corrected chi connectivity index (χ0v) is 17.7. The molecule has 3 aromatic rings. The van der Waals surface area contributed by atoms with Crippen molar-refractivity contribution in [1.82, 2.24) is 14.8 Å². The standard InChI is InChI=1S/C24H27N3S/c1-16-12-17(2)24-20(13-16)19-6-10-26(3)11-7-22(19)27(24)23-15-28-14-21(23)18-4-8-25-9-5-18/h4-5,8,12-15,25H,6-7,9-11H2,1-3H3. The van der Waals surface area contributed by atoms with Gasteiger partial charge in [0, 0.05) is 53.5 Å². The van der Waals surface area contributed by atoms with Gasteiger partial charge in [0.05, 0.1) is 11.2 Å². The van der Waals surface area contributed by atoms with Crippen LogP contribution in [0.15, 0.2) is 41.2 Å². The molecule has 0 spiro atoms. The van der Waals surface area contributed by atoms with E-state index in [1.165, 1.54) is 44.5 Å². The van der Waals surface area contributed by atoms with Gasteiger partial charge in [-0.25, -0.2) is 0 Å². The highest BCUT2D eigenvalue weighted by Gasteiger charge is 2.24. The summed E-state index contributed by atoms with van der Waals surface area (Å²) in [7, 11) is 2.25. The number of benzene rings is 1. The number of fused-ring (bicyclic) bond motifs is 3. The van der Waals surface area contributed by atoms with Crippen LogP contribution >= 0.6 is 11.3 Å². The molecular weight excluding hydrogens is 362 g/mol. The lowest BCUT2D eigenvalue weighted by Crippen LogP contribution is -2.21. The highest BCUT2D eigenvalue weighted by molar-refractivity contribution is 7.08. The van der Waals surface area contributed by atoms with Crippen LogP contribution in [0.4, 0.5) is 0 Å². The van der Waals surface area contributed by atoms with Gasteiger partial charge in [-0.1, -0.05) is 17.7 Å². The minimum absolute atomic E-state index is 0.897. The van der Waals surface area contributed by atoms with Gasteiger partial charge in [-0.05, 0) is 62.4 Å². The third-order valence-corrected chi connectivity index (χ3v) is 6.83. The first-order chi connectivity index (χ1) is 13.6. The first-order valence-corrected chi connectivity index (χ1v) is 11.1. The van der Waals surface area contributed by atoms with Gasteiger partial charge in [-0.15, -0.1) is 11.3 Å². The van der Waals surface area contributed by atoms with Gasteiger partial charge in [-0.2, -0.15) is 0 Å². The number of hydrogen-bond donors (Lipinski definition) is 1. The number of allylic oxidation sites excluding steroid dienone is 2. The molecule has 0 unspecified atom stereocenters. The quantitative estimate of drug-likeness (QED) is 0.677. The van der Waals surface area contributed by atoms with Crippen LogP contribution in [0.5, 0.6) is 0 Å². The smallest absolute Gasteiger partial charge is 0.0644 e. The molecule has 0 atom stereocenters. The summed E-state index contributed by atoms with van der Waals surface area (Å²) in [5.74, 6) is 0. The normalized spacial score (nSPS) is 17.3. The van der Waals surface area contributed by atoms with Crippen LogP contribution in [-0.2, 0) is 12.8 Å². The molecule has 4 heterocycles. The number of rotatable bonds is 2. The molecule has 2 aliphatic rings. The average molecular weight is 390 g/mol. The summed E-state index contributed by atoms with van der Waals surface area (Å²) in [6.45, 7) is 7.64. The highest BCUT2D eigenvalue weighted by Crippen LogP contribution is 2.38. The summed E-state index contributed by atoms with van der Waals surface area (Å²) in [6.07, 6.45) is 8.79. The van der Waals surface area contributed by atoms with Crippen molar-refractivity contribution in [1.29, 1.82) is 0 Å². The zero-order valence-electron chi connectivity index (χ0n) is 16.9. The SMILES string of the molecule is Cc1cc(C)c2c(c1)c1c(n2-c2cscc2C2=CCNC=C2)CCN(C)CC1. The van der Waals surface area contributed by atoms with Crippen LogP contribution in [-0.4, -0.2) is 36.1 Å². The van der Waals surface area contributed by atoms with Gasteiger partial charge >= 0.3 is 0 Å². The van der Waals surface area contributed by atoms with Crippen LogP contribution in [0.3, 0.4) is 0 Å². The molecule has 0 aliphatic carbocycles. The van der Waals surface area contributed by atoms with E-state index in [0.29, 0.717) is 0 Å². The molecule has 1 N–H and O–H groups in total. The van der Waals surface area contributed by atoms with E-state index in [1.54, 1.807) is 16.9 Å². The molecule has 144 valence electrons. The Labute approximate surface area is 171 Å².